The van der Waals surface area contributed by atoms with Gasteiger partial charge in [0.1, 0.15) is 18.1 Å². The fourth-order valence-corrected chi connectivity index (χ4v) is 1.93. The number of hydrogen-bond donors (Lipinski definition) is 1. The van der Waals surface area contributed by atoms with E-state index < -0.39 is 0 Å². The fraction of sp³-hybridized carbons (Fsp3) is 0.462. The molecule has 0 aliphatic carbocycles. The van der Waals surface area contributed by atoms with E-state index in [2.05, 4.69) is 0 Å². The lowest BCUT2D eigenvalue weighted by Crippen LogP contribution is -2.36. The molecular formula is C13H18N2O3. The molecule has 1 amide bonds. The SMILES string of the molecule is COc1ccc(OCCN2CCC(N)C2=O)cc1. The molecule has 1 aliphatic rings. The van der Waals surface area contributed by atoms with E-state index in [1.807, 2.05) is 24.3 Å². The lowest BCUT2D eigenvalue weighted by atomic mass is 10.3. The Morgan fingerprint density at radius 3 is 2.56 bits per heavy atom. The maximum Gasteiger partial charge on any atom is 0.239 e. The molecule has 18 heavy (non-hydrogen) atoms. The van der Waals surface area contributed by atoms with Crippen LogP contribution in [0.2, 0.25) is 0 Å². The van der Waals surface area contributed by atoms with Gasteiger partial charge in [0.25, 0.3) is 0 Å². The van der Waals surface area contributed by atoms with Gasteiger partial charge in [-0.25, -0.2) is 0 Å². The summed E-state index contributed by atoms with van der Waals surface area (Å²) in [5.74, 6) is 1.59. The van der Waals surface area contributed by atoms with Crippen LogP contribution in [0.5, 0.6) is 11.5 Å². The van der Waals surface area contributed by atoms with Gasteiger partial charge in [-0.2, -0.15) is 0 Å². The molecule has 0 bridgehead atoms. The van der Waals surface area contributed by atoms with E-state index >= 15 is 0 Å². The first-order valence-corrected chi connectivity index (χ1v) is 6.02. The van der Waals surface area contributed by atoms with Crippen LogP contribution in [0.15, 0.2) is 24.3 Å². The Morgan fingerprint density at radius 2 is 2.00 bits per heavy atom. The normalized spacial score (nSPS) is 19.1. The van der Waals surface area contributed by atoms with Crippen LogP contribution in [-0.2, 0) is 4.79 Å². The number of nitrogens with two attached hydrogens (primary N) is 1. The Hall–Kier alpha value is -1.75. The smallest absolute Gasteiger partial charge is 0.239 e. The van der Waals surface area contributed by atoms with Crippen molar-refractivity contribution in [2.75, 3.05) is 26.8 Å². The molecule has 1 aromatic rings. The number of carbonyl (C=O) groups is 1. The minimum atomic E-state index is -0.328. The number of nitrogens with zero attached hydrogens (tertiary/aromatic N) is 1. The van der Waals surface area contributed by atoms with Gasteiger partial charge in [-0.05, 0) is 30.7 Å². The van der Waals surface area contributed by atoms with Gasteiger partial charge in [0.05, 0.1) is 19.7 Å². The Bertz CT molecular complexity index is 405. The second-order valence-corrected chi connectivity index (χ2v) is 4.24. The van der Waals surface area contributed by atoms with Crippen molar-refractivity contribution >= 4 is 5.91 Å². The van der Waals surface area contributed by atoms with Crippen molar-refractivity contribution in [3.05, 3.63) is 24.3 Å². The van der Waals surface area contributed by atoms with Gasteiger partial charge in [-0.15, -0.1) is 0 Å². The van der Waals surface area contributed by atoms with E-state index in [1.54, 1.807) is 12.0 Å². The minimum absolute atomic E-state index is 0.0216. The highest BCUT2D eigenvalue weighted by atomic mass is 16.5. The van der Waals surface area contributed by atoms with E-state index in [0.29, 0.717) is 13.2 Å². The molecule has 2 rings (SSSR count). The van der Waals surface area contributed by atoms with Crippen molar-refractivity contribution < 1.29 is 14.3 Å². The number of carbonyl (C=O) groups excluding carboxylic acids is 1. The molecule has 0 saturated carbocycles. The fourth-order valence-electron chi connectivity index (χ4n) is 1.93. The topological polar surface area (TPSA) is 64.8 Å². The van der Waals surface area contributed by atoms with Gasteiger partial charge in [0.15, 0.2) is 0 Å². The number of benzene rings is 1. The monoisotopic (exact) mass is 250 g/mol. The number of rotatable bonds is 5. The van der Waals surface area contributed by atoms with Crippen LogP contribution in [0, 0.1) is 0 Å². The molecule has 0 radical (unpaired) electrons. The average Bonchev–Trinajstić information content (AvgIpc) is 2.71. The molecule has 2 N–H and O–H groups in total. The molecule has 1 unspecified atom stereocenters. The van der Waals surface area contributed by atoms with Crippen LogP contribution in [0.4, 0.5) is 0 Å². The number of likely N-dealkylation sites (tertiary alicyclic amines) is 1. The third-order valence-corrected chi connectivity index (χ3v) is 3.03. The number of ether oxygens (including phenoxy) is 2. The van der Waals surface area contributed by atoms with Crippen molar-refractivity contribution in [2.45, 2.75) is 12.5 Å². The lowest BCUT2D eigenvalue weighted by molar-refractivity contribution is -0.129. The van der Waals surface area contributed by atoms with Gasteiger partial charge in [-0.3, -0.25) is 4.79 Å². The summed E-state index contributed by atoms with van der Waals surface area (Å²) in [5.41, 5.74) is 5.64. The van der Waals surface area contributed by atoms with Crippen LogP contribution in [-0.4, -0.2) is 43.7 Å². The van der Waals surface area contributed by atoms with Crippen molar-refractivity contribution in [1.82, 2.24) is 4.90 Å². The van der Waals surface area contributed by atoms with Crippen molar-refractivity contribution in [3.8, 4) is 11.5 Å². The number of hydrogen-bond acceptors (Lipinski definition) is 4. The summed E-state index contributed by atoms with van der Waals surface area (Å²) in [4.78, 5) is 13.3. The first-order valence-electron chi connectivity index (χ1n) is 6.02. The molecule has 5 heteroatoms. The number of methoxy groups -OCH3 is 1. The van der Waals surface area contributed by atoms with E-state index in [9.17, 15) is 4.79 Å². The van der Waals surface area contributed by atoms with E-state index in [4.69, 9.17) is 15.2 Å². The summed E-state index contributed by atoms with van der Waals surface area (Å²) < 4.78 is 10.6. The van der Waals surface area contributed by atoms with Crippen LogP contribution in [0.3, 0.4) is 0 Å². The Morgan fingerprint density at radius 1 is 1.33 bits per heavy atom. The van der Waals surface area contributed by atoms with Gasteiger partial charge >= 0.3 is 0 Å². The predicted octanol–water partition coefficient (Wildman–Crippen LogP) is 0.634. The maximum absolute atomic E-state index is 11.6. The molecule has 1 heterocycles. The second kappa shape index (κ2) is 5.73. The van der Waals surface area contributed by atoms with Gasteiger partial charge < -0.3 is 20.1 Å². The van der Waals surface area contributed by atoms with Crippen molar-refractivity contribution in [2.24, 2.45) is 5.73 Å². The molecule has 1 fully saturated rings. The summed E-state index contributed by atoms with van der Waals surface area (Å²) in [6, 6.07) is 7.04. The highest BCUT2D eigenvalue weighted by molar-refractivity contribution is 5.83. The van der Waals surface area contributed by atoms with E-state index in [-0.39, 0.29) is 11.9 Å². The summed E-state index contributed by atoms with van der Waals surface area (Å²) in [5, 5.41) is 0. The average molecular weight is 250 g/mol. The molecule has 1 aliphatic heterocycles. The van der Waals surface area contributed by atoms with Gasteiger partial charge in [0, 0.05) is 6.54 Å². The van der Waals surface area contributed by atoms with E-state index in [0.717, 1.165) is 24.5 Å². The highest BCUT2D eigenvalue weighted by Crippen LogP contribution is 2.17. The zero-order chi connectivity index (χ0) is 13.0. The quantitative estimate of drug-likeness (QED) is 0.832. The largest absolute Gasteiger partial charge is 0.497 e. The van der Waals surface area contributed by atoms with E-state index in [1.165, 1.54) is 0 Å². The van der Waals surface area contributed by atoms with Crippen molar-refractivity contribution in [1.29, 1.82) is 0 Å². The minimum Gasteiger partial charge on any atom is -0.497 e. The molecule has 5 nitrogen and oxygen atoms in total. The number of amides is 1. The molecule has 0 spiro atoms. The van der Waals surface area contributed by atoms with Crippen LogP contribution in [0.1, 0.15) is 6.42 Å². The standard InChI is InChI=1S/C13H18N2O3/c1-17-10-2-4-11(5-3-10)18-9-8-15-7-6-12(14)13(15)16/h2-5,12H,6-9,14H2,1H3. The third kappa shape index (κ3) is 2.92. The summed E-state index contributed by atoms with van der Waals surface area (Å²) in [6.45, 7) is 1.79. The van der Waals surface area contributed by atoms with Gasteiger partial charge in [-0.1, -0.05) is 0 Å². The molecular weight excluding hydrogens is 232 g/mol. The molecule has 1 saturated heterocycles. The Kier molecular flexibility index (Phi) is 4.04. The Balaban J connectivity index is 1.76. The lowest BCUT2D eigenvalue weighted by Gasteiger charge is -2.16. The summed E-state index contributed by atoms with van der Waals surface area (Å²) in [6.07, 6.45) is 0.737. The van der Waals surface area contributed by atoms with Crippen LogP contribution < -0.4 is 15.2 Å². The second-order valence-electron chi connectivity index (χ2n) is 4.24. The molecule has 1 atom stereocenters. The molecule has 1 aromatic carbocycles. The Labute approximate surface area is 106 Å². The first-order chi connectivity index (χ1) is 8.70. The molecule has 98 valence electrons. The highest BCUT2D eigenvalue weighted by Gasteiger charge is 2.27. The maximum atomic E-state index is 11.6. The first kappa shape index (κ1) is 12.7. The predicted molar refractivity (Wildman–Crippen MR) is 67.7 cm³/mol. The van der Waals surface area contributed by atoms with Gasteiger partial charge in [0.2, 0.25) is 5.91 Å². The summed E-state index contributed by atoms with van der Waals surface area (Å²) >= 11 is 0. The third-order valence-electron chi connectivity index (χ3n) is 3.03. The molecule has 0 aromatic heterocycles. The zero-order valence-corrected chi connectivity index (χ0v) is 10.5. The zero-order valence-electron chi connectivity index (χ0n) is 10.5. The summed E-state index contributed by atoms with van der Waals surface area (Å²) in [7, 11) is 1.62. The van der Waals surface area contributed by atoms with Crippen LogP contribution >= 0.6 is 0 Å². The van der Waals surface area contributed by atoms with Crippen molar-refractivity contribution in [3.63, 3.8) is 0 Å². The van der Waals surface area contributed by atoms with Crippen LogP contribution in [0.25, 0.3) is 0 Å².